The molecule has 0 aromatic heterocycles. The molecule has 0 saturated carbocycles. The minimum atomic E-state index is -4.07. The summed E-state index contributed by atoms with van der Waals surface area (Å²) in [5, 5.41) is 2.76. The van der Waals surface area contributed by atoms with Gasteiger partial charge in [-0.05, 0) is 36.2 Å². The van der Waals surface area contributed by atoms with E-state index in [1.54, 1.807) is 24.3 Å². The minimum absolute atomic E-state index is 0.0525. The highest BCUT2D eigenvalue weighted by molar-refractivity contribution is 7.89. The molecule has 0 fully saturated rings. The SMILES string of the molecule is COc1ccccc1NC(=O)C(Cc1ccccc1)NS(=O)(=O)c1ccc(OC)c(OC)c1. The van der Waals surface area contributed by atoms with E-state index in [0.717, 1.165) is 5.56 Å². The molecule has 0 saturated heterocycles. The third kappa shape index (κ3) is 6.03. The molecule has 1 atom stereocenters. The largest absolute Gasteiger partial charge is 0.495 e. The van der Waals surface area contributed by atoms with Crippen LogP contribution in [0.25, 0.3) is 0 Å². The van der Waals surface area contributed by atoms with Crippen LogP contribution in [0.4, 0.5) is 5.69 Å². The Labute approximate surface area is 193 Å². The first-order valence-corrected chi connectivity index (χ1v) is 11.6. The molecule has 33 heavy (non-hydrogen) atoms. The molecular weight excluding hydrogens is 444 g/mol. The molecule has 0 spiro atoms. The van der Waals surface area contributed by atoms with E-state index in [1.807, 2.05) is 30.3 Å². The number of ether oxygens (including phenoxy) is 3. The molecule has 3 rings (SSSR count). The van der Waals surface area contributed by atoms with E-state index in [2.05, 4.69) is 10.0 Å². The number of rotatable bonds is 10. The third-order valence-electron chi connectivity index (χ3n) is 4.93. The summed E-state index contributed by atoms with van der Waals surface area (Å²) in [7, 11) is 0.302. The summed E-state index contributed by atoms with van der Waals surface area (Å²) in [4.78, 5) is 13.1. The maximum atomic E-state index is 13.2. The number of nitrogens with one attached hydrogen (secondary N) is 2. The van der Waals surface area contributed by atoms with E-state index in [1.165, 1.54) is 39.5 Å². The van der Waals surface area contributed by atoms with Crippen LogP contribution in [-0.4, -0.2) is 41.7 Å². The second-order valence-electron chi connectivity index (χ2n) is 7.07. The lowest BCUT2D eigenvalue weighted by atomic mass is 10.1. The number of benzene rings is 3. The van der Waals surface area contributed by atoms with Crippen molar-refractivity contribution in [3.8, 4) is 17.2 Å². The molecule has 0 radical (unpaired) electrons. The molecule has 0 heterocycles. The average Bonchev–Trinajstić information content (AvgIpc) is 2.84. The van der Waals surface area contributed by atoms with Crippen molar-refractivity contribution in [2.75, 3.05) is 26.6 Å². The van der Waals surface area contributed by atoms with Gasteiger partial charge in [-0.3, -0.25) is 4.79 Å². The zero-order valence-corrected chi connectivity index (χ0v) is 19.4. The summed E-state index contributed by atoms with van der Waals surface area (Å²) in [5.74, 6) is 0.601. The number of amides is 1. The molecule has 8 nitrogen and oxygen atoms in total. The first kappa shape index (κ1) is 24.1. The summed E-state index contributed by atoms with van der Waals surface area (Å²) in [5.41, 5.74) is 1.24. The number of carbonyl (C=O) groups is 1. The van der Waals surface area contributed by atoms with Crippen molar-refractivity contribution < 1.29 is 27.4 Å². The second kappa shape index (κ2) is 10.8. The van der Waals surface area contributed by atoms with Crippen LogP contribution in [0.3, 0.4) is 0 Å². The molecule has 3 aromatic carbocycles. The Morgan fingerprint density at radius 3 is 2.12 bits per heavy atom. The van der Waals surface area contributed by atoms with Gasteiger partial charge in [-0.25, -0.2) is 8.42 Å². The average molecular weight is 471 g/mol. The van der Waals surface area contributed by atoms with Gasteiger partial charge >= 0.3 is 0 Å². The standard InChI is InChI=1S/C24H26N2O6S/c1-30-21-12-8-7-11-19(21)25-24(27)20(15-17-9-5-4-6-10-17)26-33(28,29)18-13-14-22(31-2)23(16-18)32-3/h4-14,16,20,26H,15H2,1-3H3,(H,25,27). The molecule has 0 aliphatic rings. The summed E-state index contributed by atoms with van der Waals surface area (Å²) < 4.78 is 44.5. The van der Waals surface area contributed by atoms with Gasteiger partial charge in [0, 0.05) is 6.07 Å². The van der Waals surface area contributed by atoms with Gasteiger partial charge < -0.3 is 19.5 Å². The molecule has 1 unspecified atom stereocenters. The van der Waals surface area contributed by atoms with Crippen LogP contribution in [-0.2, 0) is 21.2 Å². The van der Waals surface area contributed by atoms with Gasteiger partial charge in [0.1, 0.15) is 11.8 Å². The van der Waals surface area contributed by atoms with Crippen LogP contribution in [0.5, 0.6) is 17.2 Å². The third-order valence-corrected chi connectivity index (χ3v) is 6.40. The van der Waals surface area contributed by atoms with E-state index in [9.17, 15) is 13.2 Å². The Hall–Kier alpha value is -3.56. The van der Waals surface area contributed by atoms with Gasteiger partial charge in [-0.1, -0.05) is 42.5 Å². The van der Waals surface area contributed by atoms with Crippen molar-refractivity contribution in [2.45, 2.75) is 17.4 Å². The van der Waals surface area contributed by atoms with Gasteiger partial charge in [-0.2, -0.15) is 4.72 Å². The van der Waals surface area contributed by atoms with Gasteiger partial charge in [-0.15, -0.1) is 0 Å². The number of hydrogen-bond acceptors (Lipinski definition) is 6. The molecule has 0 aliphatic heterocycles. The van der Waals surface area contributed by atoms with E-state index in [4.69, 9.17) is 14.2 Å². The van der Waals surface area contributed by atoms with Crippen molar-refractivity contribution in [1.29, 1.82) is 0 Å². The number of sulfonamides is 1. The maximum Gasteiger partial charge on any atom is 0.243 e. The predicted octanol–water partition coefficient (Wildman–Crippen LogP) is 3.24. The molecule has 0 bridgehead atoms. The molecular formula is C24H26N2O6S. The van der Waals surface area contributed by atoms with Gasteiger partial charge in [0.2, 0.25) is 15.9 Å². The monoisotopic (exact) mass is 470 g/mol. The minimum Gasteiger partial charge on any atom is -0.495 e. The quantitative estimate of drug-likeness (QED) is 0.472. The van der Waals surface area contributed by atoms with Crippen LogP contribution in [0.1, 0.15) is 5.56 Å². The fourth-order valence-corrected chi connectivity index (χ4v) is 4.45. The van der Waals surface area contributed by atoms with Crippen LogP contribution in [0, 0.1) is 0 Å². The fourth-order valence-electron chi connectivity index (χ4n) is 3.24. The highest BCUT2D eigenvalue weighted by Gasteiger charge is 2.27. The first-order valence-electron chi connectivity index (χ1n) is 10.1. The number of carbonyl (C=O) groups excluding carboxylic acids is 1. The Morgan fingerprint density at radius 1 is 0.818 bits per heavy atom. The van der Waals surface area contributed by atoms with E-state index in [0.29, 0.717) is 17.2 Å². The van der Waals surface area contributed by atoms with Gasteiger partial charge in [0.25, 0.3) is 0 Å². The van der Waals surface area contributed by atoms with Crippen LogP contribution in [0.2, 0.25) is 0 Å². The van der Waals surface area contributed by atoms with Crippen molar-refractivity contribution in [2.24, 2.45) is 0 Å². The fraction of sp³-hybridized carbons (Fsp3) is 0.208. The van der Waals surface area contributed by atoms with Crippen molar-refractivity contribution in [3.05, 3.63) is 78.4 Å². The highest BCUT2D eigenvalue weighted by atomic mass is 32.2. The maximum absolute atomic E-state index is 13.2. The Morgan fingerprint density at radius 2 is 1.45 bits per heavy atom. The van der Waals surface area contributed by atoms with Crippen molar-refractivity contribution in [1.82, 2.24) is 4.72 Å². The number of para-hydroxylation sites is 2. The van der Waals surface area contributed by atoms with E-state index in [-0.39, 0.29) is 17.1 Å². The Balaban J connectivity index is 1.91. The van der Waals surface area contributed by atoms with E-state index < -0.39 is 22.0 Å². The number of hydrogen-bond donors (Lipinski definition) is 2. The zero-order chi connectivity index (χ0) is 23.8. The molecule has 9 heteroatoms. The lowest BCUT2D eigenvalue weighted by molar-refractivity contribution is -0.117. The summed E-state index contributed by atoms with van der Waals surface area (Å²) in [6.45, 7) is 0. The topological polar surface area (TPSA) is 103 Å². The highest BCUT2D eigenvalue weighted by Crippen LogP contribution is 2.29. The predicted molar refractivity (Wildman–Crippen MR) is 125 cm³/mol. The summed E-state index contributed by atoms with van der Waals surface area (Å²) >= 11 is 0. The molecule has 2 N–H and O–H groups in total. The molecule has 1 amide bonds. The molecule has 3 aromatic rings. The lowest BCUT2D eigenvalue weighted by Crippen LogP contribution is -2.45. The summed E-state index contributed by atoms with van der Waals surface area (Å²) in [6.07, 6.45) is 0.147. The zero-order valence-electron chi connectivity index (χ0n) is 18.6. The second-order valence-corrected chi connectivity index (χ2v) is 8.78. The van der Waals surface area contributed by atoms with E-state index >= 15 is 0 Å². The smallest absolute Gasteiger partial charge is 0.243 e. The summed E-state index contributed by atoms with van der Waals surface area (Å²) in [6, 6.07) is 19.2. The normalized spacial score (nSPS) is 12.0. The molecule has 0 aliphatic carbocycles. The van der Waals surface area contributed by atoms with Crippen LogP contribution in [0.15, 0.2) is 77.7 Å². The first-order chi connectivity index (χ1) is 15.9. The number of methoxy groups -OCH3 is 3. The van der Waals surface area contributed by atoms with Crippen LogP contribution < -0.4 is 24.2 Å². The molecule has 174 valence electrons. The Kier molecular flexibility index (Phi) is 7.92. The lowest BCUT2D eigenvalue weighted by Gasteiger charge is -2.20. The number of anilines is 1. The van der Waals surface area contributed by atoms with Gasteiger partial charge in [0.15, 0.2) is 11.5 Å². The van der Waals surface area contributed by atoms with Crippen molar-refractivity contribution >= 4 is 21.6 Å². The van der Waals surface area contributed by atoms with Crippen molar-refractivity contribution in [3.63, 3.8) is 0 Å². The van der Waals surface area contributed by atoms with Gasteiger partial charge in [0.05, 0.1) is 31.9 Å². The Bertz CT molecular complexity index is 1200. The van der Waals surface area contributed by atoms with Crippen LogP contribution >= 0.6 is 0 Å².